The fourth-order valence-corrected chi connectivity index (χ4v) is 3.45. The largest absolute Gasteiger partial charge is 0.260 e. The summed E-state index contributed by atoms with van der Waals surface area (Å²) in [6, 6.07) is 4.71. The third kappa shape index (κ3) is 4.99. The fraction of sp³-hybridized carbons (Fsp3) is 0.333. The van der Waals surface area contributed by atoms with Crippen LogP contribution in [0.3, 0.4) is 0 Å². The zero-order valence-corrected chi connectivity index (χ0v) is 12.5. The van der Waals surface area contributed by atoms with Gasteiger partial charge in [0.05, 0.1) is 9.79 Å². The molecular formula is C9H14N2O5S3. The lowest BCUT2D eigenvalue weighted by atomic mass is 10.4. The van der Waals surface area contributed by atoms with E-state index in [4.69, 9.17) is 5.14 Å². The van der Waals surface area contributed by atoms with Gasteiger partial charge in [-0.2, -0.15) is 0 Å². The van der Waals surface area contributed by atoms with Crippen molar-refractivity contribution >= 4 is 30.8 Å². The quantitative estimate of drug-likeness (QED) is 0.693. The highest BCUT2D eigenvalue weighted by Gasteiger charge is 2.16. The highest BCUT2D eigenvalue weighted by Crippen LogP contribution is 2.14. The number of nitrogens with one attached hydrogen (secondary N) is 1. The minimum absolute atomic E-state index is 0.00501. The Balaban J connectivity index is 2.99. The monoisotopic (exact) mass is 326 g/mol. The molecule has 1 rings (SSSR count). The lowest BCUT2D eigenvalue weighted by Crippen LogP contribution is -2.28. The van der Waals surface area contributed by atoms with Gasteiger partial charge in [-0.3, -0.25) is 4.21 Å². The number of sulfonamides is 2. The molecule has 19 heavy (non-hydrogen) atoms. The Kier molecular flexibility index (Phi) is 5.21. The molecule has 1 unspecified atom stereocenters. The summed E-state index contributed by atoms with van der Waals surface area (Å²) in [7, 11) is -8.92. The van der Waals surface area contributed by atoms with E-state index in [2.05, 4.69) is 4.72 Å². The minimum Gasteiger partial charge on any atom is -0.260 e. The Labute approximate surface area is 114 Å². The van der Waals surface area contributed by atoms with Crippen LogP contribution in [0.25, 0.3) is 0 Å². The molecule has 10 heteroatoms. The second-order valence-corrected chi connectivity index (χ2v) is 8.58. The number of rotatable bonds is 6. The smallest absolute Gasteiger partial charge is 0.240 e. The van der Waals surface area contributed by atoms with Gasteiger partial charge in [0, 0.05) is 29.4 Å². The summed E-state index contributed by atoms with van der Waals surface area (Å²) in [5.74, 6) is 0.175. The second-order valence-electron chi connectivity index (χ2n) is 3.69. The van der Waals surface area contributed by atoms with Crippen LogP contribution in [0.4, 0.5) is 0 Å². The van der Waals surface area contributed by atoms with Crippen LogP contribution >= 0.6 is 0 Å². The van der Waals surface area contributed by atoms with E-state index in [1.807, 2.05) is 0 Å². The lowest BCUT2D eigenvalue weighted by Gasteiger charge is -2.07. The third-order valence-electron chi connectivity index (χ3n) is 2.13. The van der Waals surface area contributed by atoms with Gasteiger partial charge in [-0.05, 0) is 18.2 Å². The summed E-state index contributed by atoms with van der Waals surface area (Å²) in [6.45, 7) is 0.00501. The molecule has 3 N–H and O–H groups in total. The Morgan fingerprint density at radius 3 is 2.32 bits per heavy atom. The van der Waals surface area contributed by atoms with Crippen LogP contribution in [0.2, 0.25) is 0 Å². The van der Waals surface area contributed by atoms with Gasteiger partial charge in [-0.15, -0.1) is 0 Å². The molecule has 1 atom stereocenters. The number of hydrogen-bond donors (Lipinski definition) is 2. The summed E-state index contributed by atoms with van der Waals surface area (Å²) in [6.07, 6.45) is 1.45. The third-order valence-corrected chi connectivity index (χ3v) is 5.27. The van der Waals surface area contributed by atoms with Crippen LogP contribution < -0.4 is 9.86 Å². The van der Waals surface area contributed by atoms with Gasteiger partial charge in [0.2, 0.25) is 20.0 Å². The maximum Gasteiger partial charge on any atom is 0.240 e. The molecule has 0 aromatic heterocycles. The maximum absolute atomic E-state index is 11.8. The number of primary sulfonamides is 1. The first-order chi connectivity index (χ1) is 8.63. The molecule has 0 aliphatic carbocycles. The molecule has 0 saturated carbocycles. The van der Waals surface area contributed by atoms with Crippen LogP contribution in [0.1, 0.15) is 0 Å². The Morgan fingerprint density at radius 1 is 1.21 bits per heavy atom. The van der Waals surface area contributed by atoms with E-state index in [9.17, 15) is 21.0 Å². The van der Waals surface area contributed by atoms with Crippen LogP contribution in [0, 0.1) is 0 Å². The Bertz CT molecular complexity index is 682. The van der Waals surface area contributed by atoms with Gasteiger partial charge >= 0.3 is 0 Å². The van der Waals surface area contributed by atoms with Crippen molar-refractivity contribution in [3.63, 3.8) is 0 Å². The molecule has 1 aromatic carbocycles. The number of nitrogens with two attached hydrogens (primary N) is 1. The van der Waals surface area contributed by atoms with Crippen LogP contribution in [0.15, 0.2) is 34.1 Å². The van der Waals surface area contributed by atoms with Gasteiger partial charge < -0.3 is 0 Å². The SMILES string of the molecule is CS(=O)CCNS(=O)(=O)c1cccc(S(N)(=O)=O)c1. The highest BCUT2D eigenvalue weighted by atomic mass is 32.2. The molecule has 0 bridgehead atoms. The second kappa shape index (κ2) is 6.09. The van der Waals surface area contributed by atoms with Gasteiger partial charge in [0.1, 0.15) is 0 Å². The molecule has 0 spiro atoms. The van der Waals surface area contributed by atoms with Crippen molar-refractivity contribution in [3.8, 4) is 0 Å². The molecule has 0 aliphatic rings. The zero-order chi connectivity index (χ0) is 14.7. The fourth-order valence-electron chi connectivity index (χ4n) is 1.22. The van der Waals surface area contributed by atoms with E-state index in [0.717, 1.165) is 6.07 Å². The molecule has 0 radical (unpaired) electrons. The van der Waals surface area contributed by atoms with E-state index >= 15 is 0 Å². The first-order valence-corrected chi connectivity index (χ1v) is 9.81. The summed E-state index contributed by atoms with van der Waals surface area (Å²) in [5, 5.41) is 4.93. The number of benzene rings is 1. The topological polar surface area (TPSA) is 123 Å². The number of hydrogen-bond acceptors (Lipinski definition) is 5. The first kappa shape index (κ1) is 16.2. The summed E-state index contributed by atoms with van der Waals surface area (Å²) < 4.78 is 59.0. The van der Waals surface area contributed by atoms with Gasteiger partial charge in [-0.1, -0.05) is 6.07 Å². The summed E-state index contributed by atoms with van der Waals surface area (Å²) in [5.41, 5.74) is 0. The van der Waals surface area contributed by atoms with E-state index < -0.39 is 30.8 Å². The molecule has 0 amide bonds. The van der Waals surface area contributed by atoms with Crippen molar-refractivity contribution in [1.29, 1.82) is 0 Å². The molecule has 0 aliphatic heterocycles. The van der Waals surface area contributed by atoms with Gasteiger partial charge in [-0.25, -0.2) is 26.7 Å². The average molecular weight is 326 g/mol. The Morgan fingerprint density at radius 2 is 1.79 bits per heavy atom. The standard InChI is InChI=1S/C9H14N2O5S3/c1-17(12)6-5-11-19(15,16)9-4-2-3-8(7-9)18(10,13)14/h2-4,7,11H,5-6H2,1H3,(H2,10,13,14). The highest BCUT2D eigenvalue weighted by molar-refractivity contribution is 7.90. The average Bonchev–Trinajstić information content (AvgIpc) is 2.27. The van der Waals surface area contributed by atoms with E-state index in [0.29, 0.717) is 0 Å². The molecule has 0 saturated heterocycles. The van der Waals surface area contributed by atoms with Crippen LogP contribution in [-0.4, -0.2) is 39.6 Å². The predicted molar refractivity (Wildman–Crippen MR) is 71.9 cm³/mol. The maximum atomic E-state index is 11.8. The van der Waals surface area contributed by atoms with Crippen molar-refractivity contribution in [2.75, 3.05) is 18.6 Å². The normalized spacial score (nSPS) is 14.2. The zero-order valence-electron chi connectivity index (χ0n) is 10.1. The first-order valence-electron chi connectivity index (χ1n) is 5.05. The van der Waals surface area contributed by atoms with Crippen molar-refractivity contribution < 1.29 is 21.0 Å². The van der Waals surface area contributed by atoms with Gasteiger partial charge in [0.25, 0.3) is 0 Å². The summed E-state index contributed by atoms with van der Waals surface area (Å²) >= 11 is 0. The van der Waals surface area contributed by atoms with E-state index in [1.54, 1.807) is 0 Å². The van der Waals surface area contributed by atoms with E-state index in [-0.39, 0.29) is 22.1 Å². The van der Waals surface area contributed by atoms with Crippen molar-refractivity contribution in [2.24, 2.45) is 5.14 Å². The minimum atomic E-state index is -3.96. The van der Waals surface area contributed by atoms with E-state index in [1.165, 1.54) is 24.5 Å². The molecule has 1 aromatic rings. The van der Waals surface area contributed by atoms with Crippen molar-refractivity contribution in [1.82, 2.24) is 4.72 Å². The van der Waals surface area contributed by atoms with Crippen molar-refractivity contribution in [2.45, 2.75) is 9.79 Å². The lowest BCUT2D eigenvalue weighted by molar-refractivity contribution is 0.583. The van der Waals surface area contributed by atoms with Gasteiger partial charge in [0.15, 0.2) is 0 Å². The molecule has 0 fully saturated rings. The molecular weight excluding hydrogens is 312 g/mol. The van der Waals surface area contributed by atoms with Crippen molar-refractivity contribution in [3.05, 3.63) is 24.3 Å². The van der Waals surface area contributed by atoms with Crippen LogP contribution in [-0.2, 0) is 30.8 Å². The predicted octanol–water partition coefficient (Wildman–Crippen LogP) is -1.01. The Hall–Kier alpha value is -0.810. The summed E-state index contributed by atoms with van der Waals surface area (Å²) in [4.78, 5) is -0.490. The van der Waals surface area contributed by atoms with Crippen LogP contribution in [0.5, 0.6) is 0 Å². The molecule has 108 valence electrons. The molecule has 0 heterocycles. The molecule has 7 nitrogen and oxygen atoms in total.